The molecule has 0 saturated carbocycles. The van der Waals surface area contributed by atoms with Crippen molar-refractivity contribution in [2.24, 2.45) is 12.8 Å². The van der Waals surface area contributed by atoms with Crippen molar-refractivity contribution >= 4 is 0 Å². The van der Waals surface area contributed by atoms with E-state index in [1.165, 1.54) is 17.7 Å². The van der Waals surface area contributed by atoms with Crippen LogP contribution in [0.15, 0.2) is 6.20 Å². The Hall–Kier alpha value is -0.870. The fraction of sp³-hybridized carbons (Fsp3) is 0.812. The van der Waals surface area contributed by atoms with E-state index in [1.54, 1.807) is 0 Å². The maximum atomic E-state index is 6.48. The van der Waals surface area contributed by atoms with E-state index in [0.717, 1.165) is 13.0 Å². The molecule has 2 N–H and O–H groups in total. The number of aromatic nitrogens is 2. The molecule has 2 atom stereocenters. The number of rotatable bonds is 2. The van der Waals surface area contributed by atoms with Gasteiger partial charge in [-0.3, -0.25) is 9.58 Å². The lowest BCUT2D eigenvalue weighted by atomic mass is 9.83. The number of piperidine rings is 1. The van der Waals surface area contributed by atoms with Gasteiger partial charge in [-0.2, -0.15) is 5.10 Å². The van der Waals surface area contributed by atoms with Gasteiger partial charge in [0.2, 0.25) is 0 Å². The fourth-order valence-corrected chi connectivity index (χ4v) is 3.35. The highest BCUT2D eigenvalue weighted by Crippen LogP contribution is 2.37. The summed E-state index contributed by atoms with van der Waals surface area (Å²) < 4.78 is 1.94. The second-order valence-corrected chi connectivity index (χ2v) is 7.44. The Bertz CT molecular complexity index is 456. The van der Waals surface area contributed by atoms with E-state index in [0.29, 0.717) is 12.1 Å². The molecule has 2 unspecified atom stereocenters. The van der Waals surface area contributed by atoms with Crippen molar-refractivity contribution in [2.75, 3.05) is 6.54 Å². The summed E-state index contributed by atoms with van der Waals surface area (Å²) in [6.45, 7) is 12.3. The molecule has 1 aromatic heterocycles. The second-order valence-electron chi connectivity index (χ2n) is 7.44. The molecule has 20 heavy (non-hydrogen) atoms. The maximum absolute atomic E-state index is 6.48. The van der Waals surface area contributed by atoms with Gasteiger partial charge in [0.25, 0.3) is 0 Å². The standard InChI is InChI=1S/C16H30N4/c1-11(2)20-9-7-8-13(17)14(20)12-10-19(6)18-15(12)16(3,4)5/h10-11,13-14H,7-9,17H2,1-6H3. The van der Waals surface area contributed by atoms with Gasteiger partial charge in [0.15, 0.2) is 0 Å². The predicted molar refractivity (Wildman–Crippen MR) is 83.7 cm³/mol. The van der Waals surface area contributed by atoms with Crippen LogP contribution in [-0.4, -0.2) is 33.3 Å². The predicted octanol–water partition coefficient (Wildman–Crippen LogP) is 2.59. The highest BCUT2D eigenvalue weighted by Gasteiger charge is 2.36. The van der Waals surface area contributed by atoms with Crippen LogP contribution in [0.1, 0.15) is 64.8 Å². The number of likely N-dealkylation sites (tertiary alicyclic amines) is 1. The van der Waals surface area contributed by atoms with Crippen LogP contribution in [0.4, 0.5) is 0 Å². The van der Waals surface area contributed by atoms with Crippen LogP contribution in [-0.2, 0) is 12.5 Å². The summed E-state index contributed by atoms with van der Waals surface area (Å²) in [6.07, 6.45) is 4.47. The number of nitrogens with two attached hydrogens (primary N) is 1. The summed E-state index contributed by atoms with van der Waals surface area (Å²) in [5, 5.41) is 4.72. The maximum Gasteiger partial charge on any atom is 0.0726 e. The second kappa shape index (κ2) is 5.49. The number of nitrogens with zero attached hydrogens (tertiary/aromatic N) is 3. The number of aryl methyl sites for hydroxylation is 1. The molecule has 0 aliphatic carbocycles. The van der Waals surface area contributed by atoms with Crippen LogP contribution in [0, 0.1) is 0 Å². The molecule has 0 spiro atoms. The molecule has 1 fully saturated rings. The summed E-state index contributed by atoms with van der Waals surface area (Å²) in [5.41, 5.74) is 9.04. The molecule has 1 saturated heterocycles. The molecule has 4 heteroatoms. The van der Waals surface area contributed by atoms with Gasteiger partial charge >= 0.3 is 0 Å². The first-order chi connectivity index (χ1) is 9.21. The van der Waals surface area contributed by atoms with Crippen LogP contribution in [0.5, 0.6) is 0 Å². The third-order valence-electron chi connectivity index (χ3n) is 4.27. The molecule has 1 aliphatic rings. The van der Waals surface area contributed by atoms with Crippen molar-refractivity contribution in [3.63, 3.8) is 0 Å². The molecule has 2 heterocycles. The first kappa shape index (κ1) is 15.5. The normalized spacial score (nSPS) is 25.4. The zero-order chi connectivity index (χ0) is 15.1. The van der Waals surface area contributed by atoms with Gasteiger partial charge in [-0.1, -0.05) is 20.8 Å². The van der Waals surface area contributed by atoms with E-state index >= 15 is 0 Å². The molecular formula is C16H30N4. The van der Waals surface area contributed by atoms with Gasteiger partial charge in [-0.05, 0) is 33.2 Å². The molecule has 0 aromatic carbocycles. The van der Waals surface area contributed by atoms with Crippen molar-refractivity contribution in [2.45, 2.75) is 71.0 Å². The van der Waals surface area contributed by atoms with Crippen LogP contribution >= 0.6 is 0 Å². The molecule has 0 amide bonds. The summed E-state index contributed by atoms with van der Waals surface area (Å²) in [5.74, 6) is 0. The largest absolute Gasteiger partial charge is 0.326 e. The Labute approximate surface area is 123 Å². The van der Waals surface area contributed by atoms with Crippen LogP contribution in [0.3, 0.4) is 0 Å². The molecule has 1 aromatic rings. The topological polar surface area (TPSA) is 47.1 Å². The minimum Gasteiger partial charge on any atom is -0.326 e. The number of hydrogen-bond acceptors (Lipinski definition) is 3. The van der Waals surface area contributed by atoms with Gasteiger partial charge < -0.3 is 5.73 Å². The average Bonchev–Trinajstić information content (AvgIpc) is 2.70. The molecule has 0 radical (unpaired) electrons. The van der Waals surface area contributed by atoms with E-state index in [1.807, 2.05) is 11.7 Å². The lowest BCUT2D eigenvalue weighted by Crippen LogP contribution is -2.49. The Kier molecular flexibility index (Phi) is 4.26. The first-order valence-corrected chi connectivity index (χ1v) is 7.77. The molecule has 114 valence electrons. The van der Waals surface area contributed by atoms with Crippen LogP contribution in [0.25, 0.3) is 0 Å². The van der Waals surface area contributed by atoms with Gasteiger partial charge in [0.05, 0.1) is 11.7 Å². The lowest BCUT2D eigenvalue weighted by Gasteiger charge is -2.43. The van der Waals surface area contributed by atoms with Crippen molar-refractivity contribution in [1.82, 2.24) is 14.7 Å². The SMILES string of the molecule is CC(C)N1CCCC(N)C1c1cn(C)nc1C(C)(C)C. The Morgan fingerprint density at radius 3 is 2.55 bits per heavy atom. The van der Waals surface area contributed by atoms with Gasteiger partial charge in [-0.25, -0.2) is 0 Å². The molecule has 2 rings (SSSR count). The smallest absolute Gasteiger partial charge is 0.0726 e. The third kappa shape index (κ3) is 2.91. The van der Waals surface area contributed by atoms with Crippen molar-refractivity contribution in [1.29, 1.82) is 0 Å². The molecule has 1 aliphatic heterocycles. The van der Waals surface area contributed by atoms with E-state index in [-0.39, 0.29) is 11.5 Å². The van der Waals surface area contributed by atoms with Crippen molar-refractivity contribution in [3.8, 4) is 0 Å². The number of hydrogen-bond donors (Lipinski definition) is 1. The fourth-order valence-electron chi connectivity index (χ4n) is 3.35. The van der Waals surface area contributed by atoms with Gasteiger partial charge in [0.1, 0.15) is 0 Å². The Morgan fingerprint density at radius 1 is 1.35 bits per heavy atom. The van der Waals surface area contributed by atoms with E-state index in [2.05, 4.69) is 45.7 Å². The summed E-state index contributed by atoms with van der Waals surface area (Å²) >= 11 is 0. The summed E-state index contributed by atoms with van der Waals surface area (Å²) in [6, 6.07) is 1.02. The average molecular weight is 278 g/mol. The quantitative estimate of drug-likeness (QED) is 0.904. The molecular weight excluding hydrogens is 248 g/mol. The van der Waals surface area contributed by atoms with E-state index in [4.69, 9.17) is 10.8 Å². The van der Waals surface area contributed by atoms with Gasteiger partial charge in [-0.15, -0.1) is 0 Å². The van der Waals surface area contributed by atoms with Gasteiger partial charge in [0, 0.05) is 36.3 Å². The minimum atomic E-state index is 0.0520. The van der Waals surface area contributed by atoms with Crippen LogP contribution < -0.4 is 5.73 Å². The Morgan fingerprint density at radius 2 is 2.00 bits per heavy atom. The zero-order valence-electron chi connectivity index (χ0n) is 13.8. The van der Waals surface area contributed by atoms with Crippen LogP contribution in [0.2, 0.25) is 0 Å². The first-order valence-electron chi connectivity index (χ1n) is 7.77. The summed E-state index contributed by atoms with van der Waals surface area (Å²) in [4.78, 5) is 2.54. The highest BCUT2D eigenvalue weighted by molar-refractivity contribution is 5.29. The van der Waals surface area contributed by atoms with E-state index in [9.17, 15) is 0 Å². The van der Waals surface area contributed by atoms with Crippen molar-refractivity contribution in [3.05, 3.63) is 17.5 Å². The summed E-state index contributed by atoms with van der Waals surface area (Å²) in [7, 11) is 2.01. The van der Waals surface area contributed by atoms with Crippen molar-refractivity contribution < 1.29 is 0 Å². The molecule has 4 nitrogen and oxygen atoms in total. The lowest BCUT2D eigenvalue weighted by molar-refractivity contribution is 0.0935. The monoisotopic (exact) mass is 278 g/mol. The zero-order valence-corrected chi connectivity index (χ0v) is 13.8. The Balaban J connectivity index is 2.46. The minimum absolute atomic E-state index is 0.0520. The third-order valence-corrected chi connectivity index (χ3v) is 4.27. The highest BCUT2D eigenvalue weighted by atomic mass is 15.3. The molecule has 0 bridgehead atoms. The van der Waals surface area contributed by atoms with E-state index < -0.39 is 0 Å².